The van der Waals surface area contributed by atoms with Crippen LogP contribution in [0.3, 0.4) is 0 Å². The zero-order valence-corrected chi connectivity index (χ0v) is 11.7. The van der Waals surface area contributed by atoms with Crippen molar-refractivity contribution in [2.24, 2.45) is 0 Å². The summed E-state index contributed by atoms with van der Waals surface area (Å²) in [6, 6.07) is 7.40. The second-order valence-electron chi connectivity index (χ2n) is 4.41. The van der Waals surface area contributed by atoms with Crippen LogP contribution in [0, 0.1) is 3.57 Å². The van der Waals surface area contributed by atoms with E-state index >= 15 is 0 Å². The van der Waals surface area contributed by atoms with E-state index in [1.54, 1.807) is 0 Å². The lowest BCUT2D eigenvalue weighted by Crippen LogP contribution is -2.45. The van der Waals surface area contributed by atoms with Crippen LogP contribution in [0.4, 0.5) is 0 Å². The molecule has 4 heteroatoms. The first kappa shape index (κ1) is 12.8. The standard InChI is InChI=1S/C13H16INO2/c14-10-6-2-1-5-9(10)13(17)15-11-7-3-4-8-12(11)16/h1-2,5-6,11-12,16H,3-4,7-8H2,(H,15,17)/t11?,12-/m1/s1. The Morgan fingerprint density at radius 3 is 2.71 bits per heavy atom. The van der Waals surface area contributed by atoms with Crippen molar-refractivity contribution >= 4 is 28.5 Å². The molecule has 0 aliphatic heterocycles. The first-order valence-corrected chi connectivity index (χ1v) is 7.00. The fourth-order valence-electron chi connectivity index (χ4n) is 2.17. The lowest BCUT2D eigenvalue weighted by atomic mass is 9.92. The van der Waals surface area contributed by atoms with Crippen molar-refractivity contribution < 1.29 is 9.90 Å². The van der Waals surface area contributed by atoms with E-state index in [0.717, 1.165) is 29.3 Å². The van der Waals surface area contributed by atoms with Gasteiger partial charge in [0.1, 0.15) is 0 Å². The normalized spacial score (nSPS) is 24.4. The van der Waals surface area contributed by atoms with Gasteiger partial charge in [-0.2, -0.15) is 0 Å². The van der Waals surface area contributed by atoms with Gasteiger partial charge in [-0.3, -0.25) is 4.79 Å². The third-order valence-corrected chi connectivity index (χ3v) is 4.11. The molecule has 0 spiro atoms. The zero-order valence-electron chi connectivity index (χ0n) is 9.53. The summed E-state index contributed by atoms with van der Waals surface area (Å²) in [5, 5.41) is 12.7. The highest BCUT2D eigenvalue weighted by atomic mass is 127. The van der Waals surface area contributed by atoms with E-state index in [4.69, 9.17) is 0 Å². The van der Waals surface area contributed by atoms with E-state index in [1.807, 2.05) is 24.3 Å². The van der Waals surface area contributed by atoms with Crippen LogP contribution in [-0.2, 0) is 0 Å². The molecule has 1 aromatic rings. The molecule has 1 unspecified atom stereocenters. The van der Waals surface area contributed by atoms with Crippen LogP contribution < -0.4 is 5.32 Å². The molecule has 2 atom stereocenters. The Balaban J connectivity index is 2.04. The van der Waals surface area contributed by atoms with E-state index < -0.39 is 6.10 Å². The quantitative estimate of drug-likeness (QED) is 0.809. The second-order valence-corrected chi connectivity index (χ2v) is 5.57. The minimum atomic E-state index is -0.394. The molecule has 1 aromatic carbocycles. The van der Waals surface area contributed by atoms with Gasteiger partial charge < -0.3 is 10.4 Å². The third kappa shape index (κ3) is 3.19. The Morgan fingerprint density at radius 2 is 2.00 bits per heavy atom. The molecule has 2 N–H and O–H groups in total. The van der Waals surface area contributed by atoms with Crippen molar-refractivity contribution in [3.8, 4) is 0 Å². The average Bonchev–Trinajstić information content (AvgIpc) is 2.32. The first-order valence-electron chi connectivity index (χ1n) is 5.92. The van der Waals surface area contributed by atoms with Crippen molar-refractivity contribution in [1.29, 1.82) is 0 Å². The second kappa shape index (κ2) is 5.82. The van der Waals surface area contributed by atoms with Gasteiger partial charge in [-0.05, 0) is 47.6 Å². The first-order chi connectivity index (χ1) is 8.18. The van der Waals surface area contributed by atoms with Gasteiger partial charge in [0.15, 0.2) is 0 Å². The smallest absolute Gasteiger partial charge is 0.252 e. The van der Waals surface area contributed by atoms with Crippen molar-refractivity contribution in [1.82, 2.24) is 5.32 Å². The summed E-state index contributed by atoms with van der Waals surface area (Å²) in [5.74, 6) is -0.0825. The van der Waals surface area contributed by atoms with Gasteiger partial charge in [-0.1, -0.05) is 25.0 Å². The van der Waals surface area contributed by atoms with Crippen LogP contribution in [0.5, 0.6) is 0 Å². The summed E-state index contributed by atoms with van der Waals surface area (Å²) in [5.41, 5.74) is 0.686. The molecular formula is C13H16INO2. The molecule has 1 fully saturated rings. The van der Waals surface area contributed by atoms with Crippen molar-refractivity contribution in [3.63, 3.8) is 0 Å². The maximum atomic E-state index is 12.1. The summed E-state index contributed by atoms with van der Waals surface area (Å²) < 4.78 is 0.938. The van der Waals surface area contributed by atoms with Gasteiger partial charge in [0.25, 0.3) is 5.91 Å². The molecule has 0 bridgehead atoms. The highest BCUT2D eigenvalue weighted by Crippen LogP contribution is 2.19. The molecule has 1 amide bonds. The van der Waals surface area contributed by atoms with E-state index in [2.05, 4.69) is 27.9 Å². The van der Waals surface area contributed by atoms with E-state index in [0.29, 0.717) is 5.56 Å². The Kier molecular flexibility index (Phi) is 4.39. The fraction of sp³-hybridized carbons (Fsp3) is 0.462. The monoisotopic (exact) mass is 345 g/mol. The summed E-state index contributed by atoms with van der Waals surface area (Å²) in [4.78, 5) is 12.1. The lowest BCUT2D eigenvalue weighted by Gasteiger charge is -2.28. The van der Waals surface area contributed by atoms with Crippen molar-refractivity contribution in [3.05, 3.63) is 33.4 Å². The van der Waals surface area contributed by atoms with E-state index in [-0.39, 0.29) is 11.9 Å². The Labute approximate surface area is 115 Å². The number of aliphatic hydroxyl groups is 1. The number of aliphatic hydroxyl groups excluding tert-OH is 1. The average molecular weight is 345 g/mol. The molecule has 1 saturated carbocycles. The molecular weight excluding hydrogens is 329 g/mol. The molecule has 92 valence electrons. The lowest BCUT2D eigenvalue weighted by molar-refractivity contribution is 0.0716. The molecule has 0 radical (unpaired) electrons. The Bertz CT molecular complexity index is 408. The summed E-state index contributed by atoms with van der Waals surface area (Å²) in [6.45, 7) is 0. The van der Waals surface area contributed by atoms with Gasteiger partial charge in [0, 0.05) is 3.57 Å². The number of carbonyl (C=O) groups is 1. The van der Waals surface area contributed by atoms with Crippen molar-refractivity contribution in [2.45, 2.75) is 37.8 Å². The molecule has 1 aliphatic rings. The predicted octanol–water partition coefficient (Wildman–Crippen LogP) is 2.32. The number of halogens is 1. The van der Waals surface area contributed by atoms with Gasteiger partial charge in [0.05, 0.1) is 17.7 Å². The number of carbonyl (C=O) groups excluding carboxylic acids is 1. The zero-order chi connectivity index (χ0) is 12.3. The largest absolute Gasteiger partial charge is 0.391 e. The molecule has 0 heterocycles. The van der Waals surface area contributed by atoms with Gasteiger partial charge in [0.2, 0.25) is 0 Å². The van der Waals surface area contributed by atoms with Crippen LogP contribution in [-0.4, -0.2) is 23.2 Å². The Hall–Kier alpha value is -0.620. The number of hydrogen-bond donors (Lipinski definition) is 2. The van der Waals surface area contributed by atoms with Crippen molar-refractivity contribution in [2.75, 3.05) is 0 Å². The Morgan fingerprint density at radius 1 is 1.29 bits per heavy atom. The minimum absolute atomic E-state index is 0.0825. The topological polar surface area (TPSA) is 49.3 Å². The summed E-state index contributed by atoms with van der Waals surface area (Å²) >= 11 is 2.15. The van der Waals surface area contributed by atoms with Gasteiger partial charge in [-0.25, -0.2) is 0 Å². The molecule has 0 aromatic heterocycles. The van der Waals surface area contributed by atoms with Crippen LogP contribution >= 0.6 is 22.6 Å². The number of amides is 1. The maximum Gasteiger partial charge on any atom is 0.252 e. The van der Waals surface area contributed by atoms with Gasteiger partial charge >= 0.3 is 0 Å². The number of hydrogen-bond acceptors (Lipinski definition) is 2. The van der Waals surface area contributed by atoms with Gasteiger partial charge in [-0.15, -0.1) is 0 Å². The maximum absolute atomic E-state index is 12.1. The number of rotatable bonds is 2. The molecule has 1 aliphatic carbocycles. The molecule has 0 saturated heterocycles. The van der Waals surface area contributed by atoms with Crippen LogP contribution in [0.2, 0.25) is 0 Å². The highest BCUT2D eigenvalue weighted by molar-refractivity contribution is 14.1. The minimum Gasteiger partial charge on any atom is -0.391 e. The van der Waals surface area contributed by atoms with E-state index in [1.165, 1.54) is 0 Å². The van der Waals surface area contributed by atoms with Crippen LogP contribution in [0.25, 0.3) is 0 Å². The molecule has 2 rings (SSSR count). The van der Waals surface area contributed by atoms with E-state index in [9.17, 15) is 9.90 Å². The third-order valence-electron chi connectivity index (χ3n) is 3.16. The number of benzene rings is 1. The summed E-state index contributed by atoms with van der Waals surface area (Å²) in [6.07, 6.45) is 3.39. The van der Waals surface area contributed by atoms with Crippen LogP contribution in [0.15, 0.2) is 24.3 Å². The summed E-state index contributed by atoms with van der Waals surface area (Å²) in [7, 11) is 0. The highest BCUT2D eigenvalue weighted by Gasteiger charge is 2.25. The SMILES string of the molecule is O=C(NC1CCCC[C@H]1O)c1ccccc1I. The fourth-order valence-corrected chi connectivity index (χ4v) is 2.80. The number of nitrogens with one attached hydrogen (secondary N) is 1. The predicted molar refractivity (Wildman–Crippen MR) is 74.9 cm³/mol. The molecule has 17 heavy (non-hydrogen) atoms. The molecule has 3 nitrogen and oxygen atoms in total. The van der Waals surface area contributed by atoms with Crippen LogP contribution in [0.1, 0.15) is 36.0 Å².